The first-order valence-corrected chi connectivity index (χ1v) is 1.62. The zero-order valence-electron chi connectivity index (χ0n) is 3.52. The Balaban J connectivity index is 2.54. The van der Waals surface area contributed by atoms with Crippen molar-refractivity contribution < 1.29 is 5.02 Å². The molecular weight excluding hydrogens is 64.8 g/mol. The second-order valence-corrected chi connectivity index (χ2v) is 0.965. The van der Waals surface area contributed by atoms with E-state index in [0.29, 0.717) is 0 Å². The monoisotopic (exact) mass is 73.1 g/mol. The van der Waals surface area contributed by atoms with Gasteiger partial charge in [0, 0.05) is 0 Å². The van der Waals surface area contributed by atoms with Gasteiger partial charge in [-0.25, -0.2) is 0 Å². The largest absolute Gasteiger partial charge is 0.437 e. The minimum atomic E-state index is -0.366. The first-order chi connectivity index (χ1) is 2.27. The first-order valence-electron chi connectivity index (χ1n) is 1.62. The van der Waals surface area contributed by atoms with Crippen LogP contribution < -0.4 is 5.23 Å². The van der Waals surface area contributed by atoms with Crippen LogP contribution in [0.4, 0.5) is 0 Å². The van der Waals surface area contributed by atoms with Gasteiger partial charge in [0.05, 0.1) is 0 Å². The summed E-state index contributed by atoms with van der Waals surface area (Å²) in [6.45, 7) is 1.67. The Morgan fingerprint density at radius 1 is 1.80 bits per heavy atom. The Hall–Kier alpha value is -0.0151. The van der Waals surface area contributed by atoms with Gasteiger partial charge in [-0.15, -0.1) is 0 Å². The van der Waals surface area contributed by atoms with E-state index in [2.05, 4.69) is 5.23 Å². The molecular formula is C2H8BNO. The predicted molar refractivity (Wildman–Crippen MR) is 22.9 cm³/mol. The minimum Gasteiger partial charge on any atom is -0.437 e. The van der Waals surface area contributed by atoms with E-state index in [-0.39, 0.29) is 7.05 Å². The van der Waals surface area contributed by atoms with Gasteiger partial charge in [-0.3, -0.25) is 0 Å². The summed E-state index contributed by atoms with van der Waals surface area (Å²) < 4.78 is 0. The maximum absolute atomic E-state index is 8.25. The molecule has 0 saturated heterocycles. The summed E-state index contributed by atoms with van der Waals surface area (Å²) in [6.07, 6.45) is 0. The van der Waals surface area contributed by atoms with Gasteiger partial charge in [0.25, 0.3) is 0 Å². The van der Waals surface area contributed by atoms with Crippen molar-refractivity contribution in [2.24, 2.45) is 0 Å². The molecule has 0 rings (SSSR count). The molecule has 2 nitrogen and oxygen atoms in total. The van der Waals surface area contributed by atoms with Crippen LogP contribution in [0, 0.1) is 0 Å². The number of nitrogens with one attached hydrogen (secondary N) is 1. The quantitative estimate of drug-likeness (QED) is 0.403. The summed E-state index contributed by atoms with van der Waals surface area (Å²) in [7, 11) is 1.33. The lowest BCUT2D eigenvalue weighted by atomic mass is 9.90. The van der Waals surface area contributed by atoms with E-state index in [4.69, 9.17) is 5.02 Å². The van der Waals surface area contributed by atoms with Gasteiger partial charge in [0.15, 0.2) is 0 Å². The molecule has 0 spiro atoms. The average Bonchev–Trinajstić information content (AvgIpc) is 1.38. The Bertz CT molecular complexity index is 23.6. The molecule has 0 amide bonds. The minimum absolute atomic E-state index is 0.366. The van der Waals surface area contributed by atoms with Gasteiger partial charge in [-0.05, 0) is 13.9 Å². The molecule has 0 aromatic rings. The van der Waals surface area contributed by atoms with E-state index in [1.807, 2.05) is 0 Å². The van der Waals surface area contributed by atoms with Crippen molar-refractivity contribution in [2.75, 3.05) is 7.05 Å². The molecule has 0 fully saturated rings. The van der Waals surface area contributed by atoms with Gasteiger partial charge in [0.2, 0.25) is 0 Å². The zero-order valence-corrected chi connectivity index (χ0v) is 3.52. The lowest BCUT2D eigenvalue weighted by Gasteiger charge is -1.87. The van der Waals surface area contributed by atoms with Crippen LogP contribution in [0.1, 0.15) is 0 Å². The van der Waals surface area contributed by atoms with Gasteiger partial charge in [0.1, 0.15) is 0 Å². The molecule has 0 saturated carbocycles. The summed E-state index contributed by atoms with van der Waals surface area (Å²) in [5, 5.41) is 10.8. The topological polar surface area (TPSA) is 32.3 Å². The van der Waals surface area contributed by atoms with Gasteiger partial charge < -0.3 is 10.3 Å². The summed E-state index contributed by atoms with van der Waals surface area (Å²) in [5.41, 5.74) is 0. The third-order valence-electron chi connectivity index (χ3n) is 0.418. The van der Waals surface area contributed by atoms with Crippen molar-refractivity contribution >= 4 is 7.05 Å². The third-order valence-corrected chi connectivity index (χ3v) is 0.418. The average molecular weight is 72.9 g/mol. The van der Waals surface area contributed by atoms with E-state index < -0.39 is 0 Å². The number of hydrogen-bond acceptors (Lipinski definition) is 2. The molecule has 0 aliphatic carbocycles. The fraction of sp³-hybridized carbons (Fsp3) is 1.00. The van der Waals surface area contributed by atoms with Gasteiger partial charge in [-0.2, -0.15) is 0 Å². The fourth-order valence-electron chi connectivity index (χ4n) is 0. The molecule has 0 heterocycles. The first kappa shape index (κ1) is 4.98. The van der Waals surface area contributed by atoms with Crippen molar-refractivity contribution in [3.8, 4) is 0 Å². The molecule has 0 aliphatic heterocycles. The summed E-state index contributed by atoms with van der Waals surface area (Å²) in [5.74, 6) is 0. The third kappa shape index (κ3) is 3.98. The van der Waals surface area contributed by atoms with Gasteiger partial charge >= 0.3 is 7.05 Å². The van der Waals surface area contributed by atoms with Gasteiger partial charge in [-0.1, -0.05) is 0 Å². The number of rotatable bonds is 1. The second-order valence-electron chi connectivity index (χ2n) is 0.965. The molecule has 0 aliphatic rings. The van der Waals surface area contributed by atoms with Crippen molar-refractivity contribution in [2.45, 2.75) is 6.82 Å². The lowest BCUT2D eigenvalue weighted by molar-refractivity contribution is 0.565. The molecule has 0 bridgehead atoms. The predicted octanol–water partition coefficient (Wildman–Crippen LogP) is -0.684. The Kier molecular flexibility index (Phi) is 2.23. The highest BCUT2D eigenvalue weighted by molar-refractivity contribution is 6.45. The summed E-state index contributed by atoms with van der Waals surface area (Å²) in [4.78, 5) is 0. The van der Waals surface area contributed by atoms with Crippen LogP contribution in [0.5, 0.6) is 0 Å². The second kappa shape index (κ2) is 2.24. The maximum Gasteiger partial charge on any atom is 0.373 e. The molecule has 5 heavy (non-hydrogen) atoms. The fourth-order valence-corrected chi connectivity index (χ4v) is 0. The van der Waals surface area contributed by atoms with Crippen LogP contribution in [-0.2, 0) is 0 Å². The standard InChI is InChI=1S/C2H8BNO/c1-3(5)4-2/h4-5H,1-2H3. The maximum atomic E-state index is 8.25. The van der Waals surface area contributed by atoms with E-state index in [1.165, 1.54) is 0 Å². The van der Waals surface area contributed by atoms with Crippen LogP contribution in [0.15, 0.2) is 0 Å². The van der Waals surface area contributed by atoms with Crippen LogP contribution >= 0.6 is 0 Å². The van der Waals surface area contributed by atoms with Crippen LogP contribution in [0.3, 0.4) is 0 Å². The highest BCUT2D eigenvalue weighted by Gasteiger charge is 1.90. The van der Waals surface area contributed by atoms with E-state index in [9.17, 15) is 0 Å². The molecule has 3 heteroatoms. The van der Waals surface area contributed by atoms with Crippen molar-refractivity contribution in [3.05, 3.63) is 0 Å². The van der Waals surface area contributed by atoms with Crippen molar-refractivity contribution in [3.63, 3.8) is 0 Å². The highest BCUT2D eigenvalue weighted by atomic mass is 16.2. The smallest absolute Gasteiger partial charge is 0.373 e. The van der Waals surface area contributed by atoms with Crippen LogP contribution in [-0.4, -0.2) is 19.1 Å². The van der Waals surface area contributed by atoms with Crippen LogP contribution in [0.2, 0.25) is 6.82 Å². The summed E-state index contributed by atoms with van der Waals surface area (Å²) in [6, 6.07) is 0. The molecule has 30 valence electrons. The Labute approximate surface area is 32.3 Å². The normalized spacial score (nSPS) is 7.80. The molecule has 0 atom stereocenters. The van der Waals surface area contributed by atoms with E-state index >= 15 is 0 Å². The molecule has 0 unspecified atom stereocenters. The number of hydrogen-bond donors (Lipinski definition) is 2. The molecule has 0 aromatic carbocycles. The van der Waals surface area contributed by atoms with Crippen LogP contribution in [0.25, 0.3) is 0 Å². The zero-order chi connectivity index (χ0) is 4.28. The Morgan fingerprint density at radius 3 is 2.00 bits per heavy atom. The molecule has 0 radical (unpaired) electrons. The molecule has 0 aromatic heterocycles. The SMILES string of the molecule is CNB(C)O. The molecule has 2 N–H and O–H groups in total. The van der Waals surface area contributed by atoms with E-state index in [1.54, 1.807) is 13.9 Å². The Morgan fingerprint density at radius 2 is 2.00 bits per heavy atom. The van der Waals surface area contributed by atoms with Crippen molar-refractivity contribution in [1.82, 2.24) is 5.23 Å². The summed E-state index contributed by atoms with van der Waals surface area (Å²) >= 11 is 0. The lowest BCUT2D eigenvalue weighted by Crippen LogP contribution is -2.25. The van der Waals surface area contributed by atoms with Crippen molar-refractivity contribution in [1.29, 1.82) is 0 Å². The highest BCUT2D eigenvalue weighted by Crippen LogP contribution is 1.53. The van der Waals surface area contributed by atoms with E-state index in [0.717, 1.165) is 0 Å².